The van der Waals surface area contributed by atoms with Crippen LogP contribution in [0.2, 0.25) is 0 Å². The molecule has 0 aliphatic carbocycles. The number of benzene rings is 1. The number of pyridine rings is 1. The Morgan fingerprint density at radius 1 is 1.00 bits per heavy atom. The van der Waals surface area contributed by atoms with Gasteiger partial charge in [0.05, 0.1) is 0 Å². The minimum absolute atomic E-state index is 1.05. The summed E-state index contributed by atoms with van der Waals surface area (Å²) in [5, 5.41) is 1.22. The number of rotatable bonds is 1. The van der Waals surface area contributed by atoms with Crippen molar-refractivity contribution in [1.82, 2.24) is 9.55 Å². The highest BCUT2D eigenvalue weighted by Gasteiger charge is 2.13. The second-order valence-corrected chi connectivity index (χ2v) is 4.26. The first-order valence-corrected chi connectivity index (χ1v) is 5.74. The minimum Gasteiger partial charge on any atom is -0.332 e. The summed E-state index contributed by atoms with van der Waals surface area (Å²) >= 11 is 0. The third-order valence-corrected chi connectivity index (χ3v) is 3.30. The fourth-order valence-electron chi connectivity index (χ4n) is 2.35. The number of aryl methyl sites for hydroxylation is 1. The van der Waals surface area contributed by atoms with Gasteiger partial charge in [0.25, 0.3) is 0 Å². The molecule has 2 nitrogen and oxygen atoms in total. The van der Waals surface area contributed by atoms with Crippen molar-refractivity contribution < 1.29 is 0 Å². The quantitative estimate of drug-likeness (QED) is 0.615. The van der Waals surface area contributed by atoms with Crippen molar-refractivity contribution in [2.75, 3.05) is 0 Å². The molecule has 3 rings (SSSR count). The lowest BCUT2D eigenvalue weighted by Gasteiger charge is -2.02. The monoisotopic (exact) mass is 222 g/mol. The first-order valence-electron chi connectivity index (χ1n) is 5.74. The number of aromatic nitrogens is 2. The highest BCUT2D eigenvalue weighted by Crippen LogP contribution is 2.32. The maximum Gasteiger partial charge on any atom is 0.140 e. The maximum atomic E-state index is 4.45. The van der Waals surface area contributed by atoms with Crippen LogP contribution in [0.4, 0.5) is 0 Å². The lowest BCUT2D eigenvalue weighted by molar-refractivity contribution is 0.903. The number of hydrogen-bond acceptors (Lipinski definition) is 1. The van der Waals surface area contributed by atoms with E-state index in [1.54, 1.807) is 0 Å². The van der Waals surface area contributed by atoms with Gasteiger partial charge in [0, 0.05) is 29.9 Å². The van der Waals surface area contributed by atoms with Gasteiger partial charge >= 0.3 is 0 Å². The first-order chi connectivity index (χ1) is 8.29. The van der Waals surface area contributed by atoms with Crippen molar-refractivity contribution in [3.05, 3.63) is 54.4 Å². The topological polar surface area (TPSA) is 17.8 Å². The van der Waals surface area contributed by atoms with Gasteiger partial charge in [-0.3, -0.25) is 0 Å². The van der Waals surface area contributed by atoms with E-state index in [0.717, 1.165) is 5.65 Å². The molecule has 3 aromatic rings. The van der Waals surface area contributed by atoms with Crippen molar-refractivity contribution in [2.45, 2.75) is 6.92 Å². The van der Waals surface area contributed by atoms with E-state index >= 15 is 0 Å². The van der Waals surface area contributed by atoms with Crippen LogP contribution in [0.25, 0.3) is 22.2 Å². The normalized spacial score (nSPS) is 10.9. The second-order valence-electron chi connectivity index (χ2n) is 4.26. The van der Waals surface area contributed by atoms with E-state index in [-0.39, 0.29) is 0 Å². The van der Waals surface area contributed by atoms with Gasteiger partial charge in [0.15, 0.2) is 0 Å². The van der Waals surface area contributed by atoms with Crippen LogP contribution >= 0.6 is 0 Å². The summed E-state index contributed by atoms with van der Waals surface area (Å²) in [7, 11) is 2.07. The van der Waals surface area contributed by atoms with Crippen LogP contribution in [0.3, 0.4) is 0 Å². The number of fused-ring (bicyclic) bond motifs is 1. The van der Waals surface area contributed by atoms with E-state index in [4.69, 9.17) is 0 Å². The molecule has 1 aromatic carbocycles. The average Bonchev–Trinajstić information content (AvgIpc) is 2.64. The Morgan fingerprint density at radius 3 is 2.53 bits per heavy atom. The molecule has 0 N–H and O–H groups in total. The summed E-state index contributed by atoms with van der Waals surface area (Å²) < 4.78 is 2.15. The molecule has 0 saturated heterocycles. The summed E-state index contributed by atoms with van der Waals surface area (Å²) in [5.41, 5.74) is 4.84. The number of hydrogen-bond donors (Lipinski definition) is 0. The standard InChI is InChI=1S/C15H14N2/c1-11-14(12-7-4-3-5-8-12)13-9-6-10-16-15(13)17(11)2/h3-10H,1-2H3. The van der Waals surface area contributed by atoms with Gasteiger partial charge in [0.1, 0.15) is 5.65 Å². The van der Waals surface area contributed by atoms with Crippen LogP contribution in [0, 0.1) is 6.92 Å². The Labute approximate surface area is 101 Å². The Hall–Kier alpha value is -2.09. The highest BCUT2D eigenvalue weighted by molar-refractivity contribution is 5.96. The molecule has 2 heteroatoms. The van der Waals surface area contributed by atoms with Crippen LogP contribution in [-0.4, -0.2) is 9.55 Å². The lowest BCUT2D eigenvalue weighted by atomic mass is 10.0. The van der Waals surface area contributed by atoms with E-state index < -0.39 is 0 Å². The van der Waals surface area contributed by atoms with Crippen LogP contribution in [-0.2, 0) is 7.05 Å². The summed E-state index contributed by atoms with van der Waals surface area (Å²) in [6, 6.07) is 14.6. The fraction of sp³-hybridized carbons (Fsp3) is 0.133. The molecule has 0 aliphatic heterocycles. The zero-order chi connectivity index (χ0) is 11.8. The third-order valence-electron chi connectivity index (χ3n) is 3.30. The van der Waals surface area contributed by atoms with Gasteiger partial charge in [-0.2, -0.15) is 0 Å². The molecule has 2 aromatic heterocycles. The van der Waals surface area contributed by atoms with E-state index in [0.29, 0.717) is 0 Å². The molecule has 0 saturated carbocycles. The molecular formula is C15H14N2. The first kappa shape index (κ1) is 10.1. The van der Waals surface area contributed by atoms with Crippen molar-refractivity contribution in [3.63, 3.8) is 0 Å². The van der Waals surface area contributed by atoms with Crippen molar-refractivity contribution in [1.29, 1.82) is 0 Å². The molecule has 0 amide bonds. The SMILES string of the molecule is Cc1c(-c2ccccc2)c2cccnc2n1C. The van der Waals surface area contributed by atoms with E-state index in [1.807, 2.05) is 18.3 Å². The Bertz CT molecular complexity index is 666. The van der Waals surface area contributed by atoms with Crippen molar-refractivity contribution in [2.24, 2.45) is 7.05 Å². The van der Waals surface area contributed by atoms with Gasteiger partial charge < -0.3 is 4.57 Å². The predicted octanol–water partition coefficient (Wildman–Crippen LogP) is 3.55. The zero-order valence-corrected chi connectivity index (χ0v) is 10.0. The average molecular weight is 222 g/mol. The molecule has 17 heavy (non-hydrogen) atoms. The van der Waals surface area contributed by atoms with E-state index in [1.165, 1.54) is 22.2 Å². The van der Waals surface area contributed by atoms with E-state index in [9.17, 15) is 0 Å². The minimum atomic E-state index is 1.05. The molecule has 0 fully saturated rings. The molecule has 0 atom stereocenters. The van der Waals surface area contributed by atoms with Crippen LogP contribution in [0.15, 0.2) is 48.7 Å². The Morgan fingerprint density at radius 2 is 1.76 bits per heavy atom. The van der Waals surface area contributed by atoms with Gasteiger partial charge in [0.2, 0.25) is 0 Å². The largest absolute Gasteiger partial charge is 0.332 e. The molecule has 0 bridgehead atoms. The van der Waals surface area contributed by atoms with Crippen LogP contribution < -0.4 is 0 Å². The fourth-order valence-corrected chi connectivity index (χ4v) is 2.35. The van der Waals surface area contributed by atoms with Gasteiger partial charge in [-0.15, -0.1) is 0 Å². The molecule has 2 heterocycles. The maximum absolute atomic E-state index is 4.45. The second kappa shape index (κ2) is 3.74. The Kier molecular flexibility index (Phi) is 2.22. The predicted molar refractivity (Wildman–Crippen MR) is 70.9 cm³/mol. The highest BCUT2D eigenvalue weighted by atomic mass is 15.0. The van der Waals surface area contributed by atoms with Crippen molar-refractivity contribution in [3.8, 4) is 11.1 Å². The zero-order valence-electron chi connectivity index (χ0n) is 10.0. The smallest absolute Gasteiger partial charge is 0.140 e. The van der Waals surface area contributed by atoms with Crippen LogP contribution in [0.1, 0.15) is 5.69 Å². The van der Waals surface area contributed by atoms with E-state index in [2.05, 4.69) is 53.9 Å². The molecule has 0 spiro atoms. The molecular weight excluding hydrogens is 208 g/mol. The molecule has 0 radical (unpaired) electrons. The molecule has 84 valence electrons. The molecule has 0 aliphatic rings. The summed E-state index contributed by atoms with van der Waals surface area (Å²) in [6.07, 6.45) is 1.84. The lowest BCUT2D eigenvalue weighted by Crippen LogP contribution is -1.91. The van der Waals surface area contributed by atoms with Gasteiger partial charge in [-0.05, 0) is 24.6 Å². The summed E-state index contributed by atoms with van der Waals surface area (Å²) in [4.78, 5) is 4.45. The van der Waals surface area contributed by atoms with Crippen molar-refractivity contribution >= 4 is 11.0 Å². The Balaban J connectivity index is 2.41. The van der Waals surface area contributed by atoms with Gasteiger partial charge in [-0.1, -0.05) is 30.3 Å². The summed E-state index contributed by atoms with van der Waals surface area (Å²) in [5.74, 6) is 0. The van der Waals surface area contributed by atoms with Gasteiger partial charge in [-0.25, -0.2) is 4.98 Å². The number of nitrogens with zero attached hydrogens (tertiary/aromatic N) is 2. The van der Waals surface area contributed by atoms with Crippen LogP contribution in [0.5, 0.6) is 0 Å². The third kappa shape index (κ3) is 1.45. The summed E-state index contributed by atoms with van der Waals surface area (Å²) in [6.45, 7) is 2.14. The molecule has 0 unspecified atom stereocenters.